The third-order valence-corrected chi connectivity index (χ3v) is 4.03. The summed E-state index contributed by atoms with van der Waals surface area (Å²) in [6, 6.07) is 4.97. The largest absolute Gasteiger partial charge is 0.343 e. The van der Waals surface area contributed by atoms with Gasteiger partial charge < -0.3 is 5.32 Å². The summed E-state index contributed by atoms with van der Waals surface area (Å²) in [7, 11) is 1.60. The van der Waals surface area contributed by atoms with E-state index in [4.69, 9.17) is 0 Å². The summed E-state index contributed by atoms with van der Waals surface area (Å²) in [5.74, 6) is -0.304. The van der Waals surface area contributed by atoms with Crippen LogP contribution in [0.25, 0.3) is 0 Å². The Hall–Kier alpha value is -1.60. The van der Waals surface area contributed by atoms with Crippen LogP contribution in [-0.2, 0) is 13.6 Å². The summed E-state index contributed by atoms with van der Waals surface area (Å²) in [6.45, 7) is 3.54. The summed E-state index contributed by atoms with van der Waals surface area (Å²) >= 11 is 1.15. The van der Waals surface area contributed by atoms with Gasteiger partial charge in [-0.15, -0.1) is 5.10 Å². The topological polar surface area (TPSA) is 62.7 Å². The molecule has 2 aromatic rings. The average molecular weight is 296 g/mol. The maximum atomic E-state index is 14.0. The second-order valence-electron chi connectivity index (χ2n) is 4.38. The quantitative estimate of drug-likeness (QED) is 0.799. The molecule has 5 nitrogen and oxygen atoms in total. The maximum Gasteiger partial charge on any atom is 0.343 e. The number of aromatic nitrogens is 3. The van der Waals surface area contributed by atoms with Crippen molar-refractivity contribution in [3.05, 3.63) is 40.1 Å². The number of hydrogen-bond donors (Lipinski definition) is 2. The van der Waals surface area contributed by atoms with Crippen LogP contribution in [0.2, 0.25) is 0 Å². The van der Waals surface area contributed by atoms with Crippen molar-refractivity contribution >= 4 is 11.8 Å². The molecule has 1 aromatic carbocycles. The lowest BCUT2D eigenvalue weighted by Crippen LogP contribution is -2.15. The van der Waals surface area contributed by atoms with Gasteiger partial charge in [0.05, 0.1) is 4.90 Å². The molecule has 0 atom stereocenters. The highest BCUT2D eigenvalue weighted by Crippen LogP contribution is 2.30. The molecule has 7 heteroatoms. The second kappa shape index (κ2) is 6.71. The van der Waals surface area contributed by atoms with Gasteiger partial charge in [-0.1, -0.05) is 19.1 Å². The van der Waals surface area contributed by atoms with E-state index in [9.17, 15) is 9.18 Å². The van der Waals surface area contributed by atoms with Crippen LogP contribution in [0.3, 0.4) is 0 Å². The Labute approximate surface area is 120 Å². The molecular formula is C13H17FN4OS. The first-order valence-electron chi connectivity index (χ1n) is 6.40. The maximum absolute atomic E-state index is 14.0. The number of halogens is 1. The van der Waals surface area contributed by atoms with Crippen LogP contribution >= 0.6 is 11.8 Å². The lowest BCUT2D eigenvalue weighted by atomic mass is 10.2. The Bertz CT molecular complexity index is 638. The molecule has 0 spiro atoms. The van der Waals surface area contributed by atoms with Gasteiger partial charge in [-0.2, -0.15) is 0 Å². The Balaban J connectivity index is 2.25. The highest BCUT2D eigenvalue weighted by Gasteiger charge is 2.14. The molecule has 0 amide bonds. The molecule has 0 aliphatic rings. The Kier molecular flexibility index (Phi) is 4.97. The number of rotatable bonds is 6. The van der Waals surface area contributed by atoms with E-state index in [1.54, 1.807) is 13.1 Å². The van der Waals surface area contributed by atoms with Gasteiger partial charge in [-0.3, -0.25) is 4.57 Å². The normalized spacial score (nSPS) is 10.9. The lowest BCUT2D eigenvalue weighted by molar-refractivity contribution is 0.588. The van der Waals surface area contributed by atoms with E-state index in [-0.39, 0.29) is 11.5 Å². The number of nitrogens with zero attached hydrogens (tertiary/aromatic N) is 2. The number of nitrogens with one attached hydrogen (secondary N) is 2. The number of hydrogen-bond acceptors (Lipinski definition) is 4. The number of H-pyrrole nitrogens is 1. The van der Waals surface area contributed by atoms with Crippen LogP contribution in [0.15, 0.2) is 33.0 Å². The summed E-state index contributed by atoms with van der Waals surface area (Å²) in [5.41, 5.74) is 0.549. The van der Waals surface area contributed by atoms with Gasteiger partial charge in [-0.25, -0.2) is 14.3 Å². The van der Waals surface area contributed by atoms with Crippen molar-refractivity contribution < 1.29 is 4.39 Å². The zero-order valence-electron chi connectivity index (χ0n) is 11.4. The molecule has 0 radical (unpaired) electrons. The molecule has 0 fully saturated rings. The average Bonchev–Trinajstić information content (AvgIpc) is 2.74. The lowest BCUT2D eigenvalue weighted by Gasteiger charge is -2.10. The van der Waals surface area contributed by atoms with E-state index in [1.807, 2.05) is 6.07 Å². The van der Waals surface area contributed by atoms with Crippen molar-refractivity contribution in [2.24, 2.45) is 7.05 Å². The van der Waals surface area contributed by atoms with E-state index in [0.29, 0.717) is 16.6 Å². The van der Waals surface area contributed by atoms with Gasteiger partial charge in [0, 0.05) is 13.6 Å². The molecule has 0 bridgehead atoms. The van der Waals surface area contributed by atoms with E-state index in [1.165, 1.54) is 10.6 Å². The zero-order chi connectivity index (χ0) is 14.5. The number of aromatic amines is 1. The van der Waals surface area contributed by atoms with E-state index in [0.717, 1.165) is 30.3 Å². The molecule has 0 saturated carbocycles. The first-order chi connectivity index (χ1) is 9.63. The predicted molar refractivity (Wildman–Crippen MR) is 76.3 cm³/mol. The van der Waals surface area contributed by atoms with Crippen LogP contribution in [0.1, 0.15) is 18.9 Å². The second-order valence-corrected chi connectivity index (χ2v) is 5.35. The Morgan fingerprint density at radius 3 is 2.95 bits per heavy atom. The summed E-state index contributed by atoms with van der Waals surface area (Å²) in [6.07, 6.45) is 1.02. The van der Waals surface area contributed by atoms with Crippen LogP contribution < -0.4 is 11.0 Å². The van der Waals surface area contributed by atoms with Crippen molar-refractivity contribution in [2.45, 2.75) is 29.9 Å². The molecule has 2 rings (SSSR count). The number of benzene rings is 1. The predicted octanol–water partition coefficient (Wildman–Crippen LogP) is 1.90. The van der Waals surface area contributed by atoms with Gasteiger partial charge in [-0.05, 0) is 36.4 Å². The summed E-state index contributed by atoms with van der Waals surface area (Å²) < 4.78 is 15.4. The SMILES string of the molecule is CCCNCc1cccc(F)c1Sc1n[nH]c(=O)n1C. The molecule has 108 valence electrons. The third kappa shape index (κ3) is 3.29. The standard InChI is InChI=1S/C13H17FN4OS/c1-3-7-15-8-9-5-4-6-10(14)11(9)20-13-17-16-12(19)18(13)2/h4-6,15H,3,7-8H2,1-2H3,(H,16,19). The van der Waals surface area contributed by atoms with Gasteiger partial charge in [0.15, 0.2) is 5.16 Å². The smallest absolute Gasteiger partial charge is 0.313 e. The van der Waals surface area contributed by atoms with Crippen molar-refractivity contribution in [1.82, 2.24) is 20.1 Å². The Morgan fingerprint density at radius 1 is 1.50 bits per heavy atom. The zero-order valence-corrected chi connectivity index (χ0v) is 12.3. The summed E-state index contributed by atoms with van der Waals surface area (Å²) in [5, 5.41) is 9.93. The van der Waals surface area contributed by atoms with Crippen LogP contribution in [0.5, 0.6) is 0 Å². The van der Waals surface area contributed by atoms with Gasteiger partial charge in [0.2, 0.25) is 0 Å². The van der Waals surface area contributed by atoms with Crippen molar-refractivity contribution in [3.8, 4) is 0 Å². The van der Waals surface area contributed by atoms with Gasteiger partial charge in [0.25, 0.3) is 0 Å². The van der Waals surface area contributed by atoms with Crippen LogP contribution in [-0.4, -0.2) is 21.3 Å². The minimum absolute atomic E-state index is 0.304. The van der Waals surface area contributed by atoms with Crippen molar-refractivity contribution in [2.75, 3.05) is 6.54 Å². The third-order valence-electron chi connectivity index (χ3n) is 2.82. The summed E-state index contributed by atoms with van der Waals surface area (Å²) in [4.78, 5) is 11.8. The molecule has 0 aliphatic carbocycles. The highest BCUT2D eigenvalue weighted by atomic mass is 32.2. The first-order valence-corrected chi connectivity index (χ1v) is 7.22. The molecule has 0 saturated heterocycles. The molecule has 0 unspecified atom stereocenters. The van der Waals surface area contributed by atoms with Gasteiger partial charge >= 0.3 is 5.69 Å². The molecule has 1 heterocycles. The molecular weight excluding hydrogens is 279 g/mol. The fourth-order valence-electron chi connectivity index (χ4n) is 1.72. The van der Waals surface area contributed by atoms with Gasteiger partial charge in [0.1, 0.15) is 5.82 Å². The minimum Gasteiger partial charge on any atom is -0.313 e. The van der Waals surface area contributed by atoms with Crippen molar-refractivity contribution in [3.63, 3.8) is 0 Å². The fourth-order valence-corrected chi connectivity index (χ4v) is 2.65. The molecule has 1 aromatic heterocycles. The molecule has 2 N–H and O–H groups in total. The minimum atomic E-state index is -0.311. The van der Waals surface area contributed by atoms with E-state index >= 15 is 0 Å². The van der Waals surface area contributed by atoms with Crippen molar-refractivity contribution in [1.29, 1.82) is 0 Å². The molecule has 0 aliphatic heterocycles. The van der Waals surface area contributed by atoms with E-state index in [2.05, 4.69) is 22.4 Å². The fraction of sp³-hybridized carbons (Fsp3) is 0.385. The van der Waals surface area contributed by atoms with E-state index < -0.39 is 0 Å². The first kappa shape index (κ1) is 14.8. The molecule has 20 heavy (non-hydrogen) atoms. The van der Waals surface area contributed by atoms with Crippen LogP contribution in [0.4, 0.5) is 4.39 Å². The Morgan fingerprint density at radius 2 is 2.30 bits per heavy atom. The monoisotopic (exact) mass is 296 g/mol. The highest BCUT2D eigenvalue weighted by molar-refractivity contribution is 7.99. The van der Waals surface area contributed by atoms with Crippen LogP contribution in [0, 0.1) is 5.82 Å².